The average Bonchev–Trinajstić information content (AvgIpc) is 3.19. The molecule has 1 saturated heterocycles. The lowest BCUT2D eigenvalue weighted by Gasteiger charge is -2.23. The lowest BCUT2D eigenvalue weighted by Crippen LogP contribution is -2.25. The minimum absolute atomic E-state index is 0.267. The topological polar surface area (TPSA) is 54.2 Å². The van der Waals surface area contributed by atoms with Crippen molar-refractivity contribution < 1.29 is 5.11 Å². The van der Waals surface area contributed by atoms with Crippen LogP contribution in [0.15, 0.2) is 42.6 Å². The van der Waals surface area contributed by atoms with Gasteiger partial charge in [-0.25, -0.2) is 9.97 Å². The molecule has 3 heterocycles. The van der Waals surface area contributed by atoms with Crippen molar-refractivity contribution in [3.8, 4) is 11.4 Å². The van der Waals surface area contributed by atoms with Crippen molar-refractivity contribution in [2.24, 2.45) is 0 Å². The molecular weight excluding hydrogens is 288 g/mol. The molecule has 1 aliphatic heterocycles. The number of likely N-dealkylation sites (tertiary alicyclic amines) is 1. The molecule has 4 rings (SSSR count). The van der Waals surface area contributed by atoms with Crippen LogP contribution in [0, 0.1) is 0 Å². The van der Waals surface area contributed by atoms with Crippen LogP contribution in [0.5, 0.6) is 5.75 Å². The Kier molecular flexibility index (Phi) is 3.50. The fourth-order valence-electron chi connectivity index (χ4n) is 3.51. The van der Waals surface area contributed by atoms with Crippen LogP contribution < -0.4 is 0 Å². The fourth-order valence-corrected chi connectivity index (χ4v) is 3.51. The van der Waals surface area contributed by atoms with E-state index in [9.17, 15) is 5.11 Å². The van der Waals surface area contributed by atoms with Crippen LogP contribution in [0.2, 0.25) is 0 Å². The summed E-state index contributed by atoms with van der Waals surface area (Å²) in [6.45, 7) is 4.34. The number of imidazole rings is 1. The second-order valence-corrected chi connectivity index (χ2v) is 5.95. The van der Waals surface area contributed by atoms with Gasteiger partial charge in [-0.3, -0.25) is 9.47 Å². The second kappa shape index (κ2) is 5.66. The number of aromatic nitrogens is 3. The molecule has 0 saturated carbocycles. The molecule has 5 nitrogen and oxygen atoms in total. The highest BCUT2D eigenvalue weighted by atomic mass is 16.3. The second-order valence-electron chi connectivity index (χ2n) is 5.95. The zero-order valence-corrected chi connectivity index (χ0v) is 13.2. The summed E-state index contributed by atoms with van der Waals surface area (Å²) in [7, 11) is 0. The molecule has 5 heteroatoms. The van der Waals surface area contributed by atoms with Crippen LogP contribution in [0.1, 0.15) is 31.6 Å². The van der Waals surface area contributed by atoms with Gasteiger partial charge in [0.2, 0.25) is 0 Å². The Morgan fingerprint density at radius 2 is 2.04 bits per heavy atom. The molecule has 1 N–H and O–H groups in total. The van der Waals surface area contributed by atoms with Gasteiger partial charge < -0.3 is 5.11 Å². The number of aromatic hydroxyl groups is 1. The number of pyridine rings is 1. The summed E-state index contributed by atoms with van der Waals surface area (Å²) in [6.07, 6.45) is 4.12. The highest BCUT2D eigenvalue weighted by Crippen LogP contribution is 2.34. The molecule has 3 aromatic rings. The van der Waals surface area contributed by atoms with Crippen LogP contribution in [0.25, 0.3) is 16.9 Å². The van der Waals surface area contributed by atoms with E-state index in [1.54, 1.807) is 18.3 Å². The third-order valence-electron chi connectivity index (χ3n) is 4.62. The number of phenolic OH excluding ortho intramolecular Hbond substituents is 1. The van der Waals surface area contributed by atoms with E-state index >= 15 is 0 Å². The average molecular weight is 308 g/mol. The largest absolute Gasteiger partial charge is 0.508 e. The first-order valence-corrected chi connectivity index (χ1v) is 8.14. The summed E-state index contributed by atoms with van der Waals surface area (Å²) in [4.78, 5) is 11.9. The van der Waals surface area contributed by atoms with E-state index in [-0.39, 0.29) is 5.75 Å². The summed E-state index contributed by atoms with van der Waals surface area (Å²) >= 11 is 0. The minimum atomic E-state index is 0.267. The van der Waals surface area contributed by atoms with E-state index in [0.717, 1.165) is 42.2 Å². The Hall–Kier alpha value is -2.40. The number of phenols is 1. The normalized spacial score (nSPS) is 18.7. The predicted octanol–water partition coefficient (Wildman–Crippen LogP) is 3.28. The van der Waals surface area contributed by atoms with Gasteiger partial charge in [0.1, 0.15) is 17.1 Å². The first-order chi connectivity index (χ1) is 11.3. The summed E-state index contributed by atoms with van der Waals surface area (Å²) in [5.74, 6) is 1.31. The minimum Gasteiger partial charge on any atom is -0.508 e. The molecule has 0 bridgehead atoms. The maximum absolute atomic E-state index is 9.58. The van der Waals surface area contributed by atoms with Gasteiger partial charge in [0.25, 0.3) is 0 Å². The van der Waals surface area contributed by atoms with Gasteiger partial charge in [0, 0.05) is 11.9 Å². The molecule has 1 fully saturated rings. The maximum Gasteiger partial charge on any atom is 0.164 e. The molecule has 0 aliphatic carbocycles. The smallest absolute Gasteiger partial charge is 0.164 e. The molecule has 23 heavy (non-hydrogen) atoms. The van der Waals surface area contributed by atoms with Crippen molar-refractivity contribution in [1.29, 1.82) is 0 Å². The van der Waals surface area contributed by atoms with Gasteiger partial charge in [-0.2, -0.15) is 0 Å². The lowest BCUT2D eigenvalue weighted by molar-refractivity contribution is 0.261. The molecule has 1 aliphatic rings. The van der Waals surface area contributed by atoms with Gasteiger partial charge in [-0.05, 0) is 62.3 Å². The zero-order valence-electron chi connectivity index (χ0n) is 13.2. The zero-order chi connectivity index (χ0) is 15.8. The first-order valence-electron chi connectivity index (χ1n) is 8.14. The molecule has 0 amide bonds. The van der Waals surface area contributed by atoms with Crippen molar-refractivity contribution >= 4 is 11.2 Å². The molecular formula is C18H20N4O. The number of benzene rings is 1. The van der Waals surface area contributed by atoms with Crippen LogP contribution in [-0.2, 0) is 0 Å². The van der Waals surface area contributed by atoms with Gasteiger partial charge >= 0.3 is 0 Å². The predicted molar refractivity (Wildman–Crippen MR) is 89.8 cm³/mol. The summed E-state index contributed by atoms with van der Waals surface area (Å²) in [6, 6.07) is 11.5. The number of hydrogen-bond donors (Lipinski definition) is 1. The van der Waals surface area contributed by atoms with Gasteiger partial charge in [-0.1, -0.05) is 6.92 Å². The van der Waals surface area contributed by atoms with E-state index in [2.05, 4.69) is 21.4 Å². The standard InChI is InChI=1S/C18H20N4O/c1-2-21-12-4-6-16(21)18-20-15-5-3-11-19-17(15)22(18)13-7-9-14(23)10-8-13/h3,5,7-11,16,23H,2,4,6,12H2,1H3. The van der Waals surface area contributed by atoms with E-state index in [1.165, 1.54) is 6.42 Å². The third kappa shape index (κ3) is 2.37. The van der Waals surface area contributed by atoms with E-state index < -0.39 is 0 Å². The van der Waals surface area contributed by atoms with Crippen molar-refractivity contribution in [3.05, 3.63) is 48.4 Å². The molecule has 1 unspecified atom stereocenters. The van der Waals surface area contributed by atoms with Gasteiger partial charge in [0.15, 0.2) is 5.65 Å². The van der Waals surface area contributed by atoms with Crippen molar-refractivity contribution in [1.82, 2.24) is 19.4 Å². The number of fused-ring (bicyclic) bond motifs is 1. The summed E-state index contributed by atoms with van der Waals surface area (Å²) < 4.78 is 2.13. The first kappa shape index (κ1) is 14.2. The highest BCUT2D eigenvalue weighted by Gasteiger charge is 2.30. The third-order valence-corrected chi connectivity index (χ3v) is 4.62. The number of rotatable bonds is 3. The van der Waals surface area contributed by atoms with Gasteiger partial charge in [0.05, 0.1) is 6.04 Å². The molecule has 2 aromatic heterocycles. The number of nitrogens with zero attached hydrogens (tertiary/aromatic N) is 4. The summed E-state index contributed by atoms with van der Waals surface area (Å²) in [5.41, 5.74) is 2.77. The maximum atomic E-state index is 9.58. The quantitative estimate of drug-likeness (QED) is 0.807. The molecule has 1 aromatic carbocycles. The molecule has 0 radical (unpaired) electrons. The fraction of sp³-hybridized carbons (Fsp3) is 0.333. The van der Waals surface area contributed by atoms with Crippen molar-refractivity contribution in [2.45, 2.75) is 25.8 Å². The molecule has 0 spiro atoms. The molecule has 118 valence electrons. The van der Waals surface area contributed by atoms with E-state index in [0.29, 0.717) is 6.04 Å². The van der Waals surface area contributed by atoms with E-state index in [1.807, 2.05) is 24.3 Å². The van der Waals surface area contributed by atoms with E-state index in [4.69, 9.17) is 4.98 Å². The Bertz CT molecular complexity index is 825. The Balaban J connectivity index is 1.93. The number of hydrogen-bond acceptors (Lipinski definition) is 4. The van der Waals surface area contributed by atoms with Crippen molar-refractivity contribution in [3.63, 3.8) is 0 Å². The summed E-state index contributed by atoms with van der Waals surface area (Å²) in [5, 5.41) is 9.58. The Morgan fingerprint density at radius 3 is 2.83 bits per heavy atom. The monoisotopic (exact) mass is 308 g/mol. The molecule has 1 atom stereocenters. The highest BCUT2D eigenvalue weighted by molar-refractivity contribution is 5.74. The van der Waals surface area contributed by atoms with Crippen LogP contribution in [0.4, 0.5) is 0 Å². The van der Waals surface area contributed by atoms with Crippen LogP contribution in [-0.4, -0.2) is 37.6 Å². The Morgan fingerprint density at radius 1 is 1.22 bits per heavy atom. The Labute approximate surface area is 135 Å². The lowest BCUT2D eigenvalue weighted by atomic mass is 10.2. The van der Waals surface area contributed by atoms with Crippen LogP contribution in [0.3, 0.4) is 0 Å². The van der Waals surface area contributed by atoms with Crippen LogP contribution >= 0.6 is 0 Å². The SMILES string of the molecule is CCN1CCCC1c1nc2cccnc2n1-c1ccc(O)cc1. The van der Waals surface area contributed by atoms with Gasteiger partial charge in [-0.15, -0.1) is 0 Å². The van der Waals surface area contributed by atoms with Crippen molar-refractivity contribution in [2.75, 3.05) is 13.1 Å².